The van der Waals surface area contributed by atoms with E-state index in [0.717, 1.165) is 20.7 Å². The summed E-state index contributed by atoms with van der Waals surface area (Å²) in [4.78, 5) is 52.0. The third kappa shape index (κ3) is 4.92. The van der Waals surface area contributed by atoms with Gasteiger partial charge >= 0.3 is 0 Å². The van der Waals surface area contributed by atoms with E-state index < -0.39 is 36.3 Å². The molecule has 10 nitrogen and oxygen atoms in total. The second-order valence-corrected chi connectivity index (χ2v) is 8.05. The number of amides is 4. The van der Waals surface area contributed by atoms with Crippen molar-refractivity contribution in [3.05, 3.63) is 60.7 Å². The Morgan fingerprint density at radius 1 is 1.00 bits per heavy atom. The molecule has 3 aromatic carbocycles. The maximum Gasteiger partial charge on any atom is 0.276 e. The molecular formula is C26H25N3O7. The number of nitrogens with zero attached hydrogens (tertiary/aromatic N) is 2. The van der Waals surface area contributed by atoms with Crippen molar-refractivity contribution in [3.8, 4) is 17.2 Å². The standard InChI is InChI=1S/C26H25N3O7/c1-16(30)29(27-24(31)15-36-23-10-6-8-17-7-4-5-9-21(17)23)22-14-25(32)28(26(22)33)18-11-19(34-2)13-20(12-18)35-3/h4-13,22H,14-15H2,1-3H3,(H,27,31). The number of nitrogens with one attached hydrogen (secondary N) is 1. The van der Waals surface area contributed by atoms with Crippen molar-refractivity contribution < 1.29 is 33.4 Å². The first-order valence-corrected chi connectivity index (χ1v) is 11.1. The number of methoxy groups -OCH3 is 2. The van der Waals surface area contributed by atoms with Gasteiger partial charge in [-0.05, 0) is 11.5 Å². The summed E-state index contributed by atoms with van der Waals surface area (Å²) in [6, 6.07) is 16.4. The molecule has 4 rings (SSSR count). The highest BCUT2D eigenvalue weighted by Gasteiger charge is 2.45. The van der Waals surface area contributed by atoms with Gasteiger partial charge in [0.25, 0.3) is 11.8 Å². The van der Waals surface area contributed by atoms with Gasteiger partial charge in [-0.1, -0.05) is 36.4 Å². The molecular weight excluding hydrogens is 466 g/mol. The van der Waals surface area contributed by atoms with Gasteiger partial charge in [0.15, 0.2) is 6.61 Å². The molecule has 0 bridgehead atoms. The zero-order chi connectivity index (χ0) is 25.8. The fourth-order valence-electron chi connectivity index (χ4n) is 4.02. The molecule has 0 saturated carbocycles. The minimum Gasteiger partial charge on any atom is -0.497 e. The summed E-state index contributed by atoms with van der Waals surface area (Å²) >= 11 is 0. The van der Waals surface area contributed by atoms with Gasteiger partial charge in [0.05, 0.1) is 26.3 Å². The quantitative estimate of drug-likeness (QED) is 0.399. The average Bonchev–Trinajstić information content (AvgIpc) is 3.18. The Kier molecular flexibility index (Phi) is 7.05. The largest absolute Gasteiger partial charge is 0.497 e. The lowest BCUT2D eigenvalue weighted by molar-refractivity contribution is -0.146. The van der Waals surface area contributed by atoms with Crippen LogP contribution in [-0.2, 0) is 19.2 Å². The van der Waals surface area contributed by atoms with Crippen molar-refractivity contribution in [1.82, 2.24) is 10.4 Å². The number of hydrazine groups is 1. The molecule has 1 aliphatic rings. The molecule has 4 amide bonds. The highest BCUT2D eigenvalue weighted by atomic mass is 16.5. The van der Waals surface area contributed by atoms with Crippen LogP contribution in [0.15, 0.2) is 60.7 Å². The number of hydrogen-bond donors (Lipinski definition) is 1. The van der Waals surface area contributed by atoms with Crippen LogP contribution >= 0.6 is 0 Å². The van der Waals surface area contributed by atoms with Crippen LogP contribution in [-0.4, -0.2) is 55.5 Å². The van der Waals surface area contributed by atoms with E-state index >= 15 is 0 Å². The molecule has 186 valence electrons. The maximum absolute atomic E-state index is 13.2. The van der Waals surface area contributed by atoms with E-state index in [4.69, 9.17) is 14.2 Å². The molecule has 1 unspecified atom stereocenters. The molecule has 0 aromatic heterocycles. The van der Waals surface area contributed by atoms with E-state index in [-0.39, 0.29) is 12.1 Å². The summed E-state index contributed by atoms with van der Waals surface area (Å²) in [6.45, 7) is 0.796. The predicted molar refractivity (Wildman–Crippen MR) is 131 cm³/mol. The van der Waals surface area contributed by atoms with Crippen LogP contribution in [0.5, 0.6) is 17.2 Å². The molecule has 1 heterocycles. The summed E-state index contributed by atoms with van der Waals surface area (Å²) in [5.74, 6) is -1.19. The molecule has 36 heavy (non-hydrogen) atoms. The van der Waals surface area contributed by atoms with E-state index in [1.165, 1.54) is 33.3 Å². The zero-order valence-electron chi connectivity index (χ0n) is 20.0. The first-order chi connectivity index (χ1) is 17.3. The van der Waals surface area contributed by atoms with Crippen LogP contribution in [0.3, 0.4) is 0 Å². The minimum atomic E-state index is -1.21. The van der Waals surface area contributed by atoms with Crippen LogP contribution in [0.2, 0.25) is 0 Å². The summed E-state index contributed by atoms with van der Waals surface area (Å²) in [6.07, 6.45) is -0.303. The molecule has 1 fully saturated rings. The van der Waals surface area contributed by atoms with E-state index in [1.54, 1.807) is 12.1 Å². The number of benzene rings is 3. The summed E-state index contributed by atoms with van der Waals surface area (Å²) in [7, 11) is 2.89. The van der Waals surface area contributed by atoms with Crippen LogP contribution in [0.25, 0.3) is 10.8 Å². The first kappa shape index (κ1) is 24.5. The molecule has 0 spiro atoms. The molecule has 1 N–H and O–H groups in total. The van der Waals surface area contributed by atoms with Crippen LogP contribution < -0.4 is 24.5 Å². The van der Waals surface area contributed by atoms with Crippen molar-refractivity contribution in [2.24, 2.45) is 0 Å². The lowest BCUT2D eigenvalue weighted by Gasteiger charge is -2.26. The number of rotatable bonds is 7. The molecule has 3 aromatic rings. The first-order valence-electron chi connectivity index (χ1n) is 11.1. The summed E-state index contributed by atoms with van der Waals surface area (Å²) in [5, 5.41) is 2.65. The normalized spacial score (nSPS) is 15.1. The van der Waals surface area contributed by atoms with Crippen molar-refractivity contribution >= 4 is 40.1 Å². The van der Waals surface area contributed by atoms with Gasteiger partial charge in [-0.15, -0.1) is 0 Å². The molecule has 1 aliphatic heterocycles. The Labute approximate surface area is 207 Å². The fraction of sp³-hybridized carbons (Fsp3) is 0.231. The maximum atomic E-state index is 13.2. The Balaban J connectivity index is 1.49. The average molecular weight is 492 g/mol. The molecule has 1 saturated heterocycles. The lowest BCUT2D eigenvalue weighted by atomic mass is 10.1. The van der Waals surface area contributed by atoms with Crippen LogP contribution in [0, 0.1) is 0 Å². The van der Waals surface area contributed by atoms with Crippen molar-refractivity contribution in [3.63, 3.8) is 0 Å². The van der Waals surface area contributed by atoms with Crippen molar-refractivity contribution in [2.45, 2.75) is 19.4 Å². The van der Waals surface area contributed by atoms with Gasteiger partial charge in [0.1, 0.15) is 23.3 Å². The number of imide groups is 1. The van der Waals surface area contributed by atoms with Crippen molar-refractivity contribution in [2.75, 3.05) is 25.7 Å². The zero-order valence-corrected chi connectivity index (χ0v) is 20.0. The van der Waals surface area contributed by atoms with Gasteiger partial charge in [0, 0.05) is 30.5 Å². The Bertz CT molecular complexity index is 1310. The van der Waals surface area contributed by atoms with E-state index in [9.17, 15) is 19.2 Å². The Morgan fingerprint density at radius 2 is 1.67 bits per heavy atom. The topological polar surface area (TPSA) is 114 Å². The van der Waals surface area contributed by atoms with Gasteiger partial charge in [-0.2, -0.15) is 0 Å². The highest BCUT2D eigenvalue weighted by Crippen LogP contribution is 2.32. The molecule has 1 atom stereocenters. The third-order valence-electron chi connectivity index (χ3n) is 5.72. The second-order valence-electron chi connectivity index (χ2n) is 8.05. The lowest BCUT2D eigenvalue weighted by Crippen LogP contribution is -2.54. The number of fused-ring (bicyclic) bond motifs is 1. The Morgan fingerprint density at radius 3 is 2.33 bits per heavy atom. The fourth-order valence-corrected chi connectivity index (χ4v) is 4.02. The summed E-state index contributed by atoms with van der Waals surface area (Å²) < 4.78 is 16.1. The number of carbonyl (C=O) groups excluding carboxylic acids is 4. The monoisotopic (exact) mass is 491 g/mol. The molecule has 0 aliphatic carbocycles. The smallest absolute Gasteiger partial charge is 0.276 e. The molecule has 0 radical (unpaired) electrons. The Hall–Kier alpha value is -4.60. The van der Waals surface area contributed by atoms with Gasteiger partial charge < -0.3 is 14.2 Å². The van der Waals surface area contributed by atoms with Gasteiger partial charge in [0.2, 0.25) is 11.8 Å². The van der Waals surface area contributed by atoms with Gasteiger partial charge in [-0.25, -0.2) is 9.91 Å². The number of carbonyl (C=O) groups is 4. The molecule has 10 heteroatoms. The van der Waals surface area contributed by atoms with E-state index in [0.29, 0.717) is 17.2 Å². The van der Waals surface area contributed by atoms with Crippen LogP contribution in [0.1, 0.15) is 13.3 Å². The van der Waals surface area contributed by atoms with Crippen LogP contribution in [0.4, 0.5) is 5.69 Å². The SMILES string of the molecule is COc1cc(OC)cc(N2C(=O)CC(N(NC(=O)COc3cccc4ccccc34)C(C)=O)C2=O)c1. The second kappa shape index (κ2) is 10.3. The van der Waals surface area contributed by atoms with E-state index in [2.05, 4.69) is 5.43 Å². The summed E-state index contributed by atoms with van der Waals surface area (Å²) in [5.41, 5.74) is 2.65. The highest BCUT2D eigenvalue weighted by molar-refractivity contribution is 6.23. The third-order valence-corrected chi connectivity index (χ3v) is 5.72. The van der Waals surface area contributed by atoms with Crippen molar-refractivity contribution in [1.29, 1.82) is 0 Å². The van der Waals surface area contributed by atoms with Gasteiger partial charge in [-0.3, -0.25) is 24.6 Å². The predicted octanol–water partition coefficient (Wildman–Crippen LogP) is 2.45. The number of ether oxygens (including phenoxy) is 3. The number of hydrogen-bond acceptors (Lipinski definition) is 7. The van der Waals surface area contributed by atoms with E-state index in [1.807, 2.05) is 36.4 Å². The number of anilines is 1. The minimum absolute atomic E-state index is 0.234.